The van der Waals surface area contributed by atoms with E-state index in [1.165, 1.54) is 18.2 Å². The number of hydrogen-bond donors (Lipinski definition) is 1. The SMILES string of the molecule is N#C/C(=C1/CCCCCN1)S(=O)(=O)c1ccccc1F. The molecule has 1 aliphatic heterocycles. The minimum absolute atomic E-state index is 0.371. The van der Waals surface area contributed by atoms with Crippen LogP contribution in [0.3, 0.4) is 0 Å². The minimum Gasteiger partial charge on any atom is -0.387 e. The Kier molecular flexibility index (Phi) is 4.40. The van der Waals surface area contributed by atoms with Crippen LogP contribution in [0.4, 0.5) is 4.39 Å². The van der Waals surface area contributed by atoms with Gasteiger partial charge in [-0.05, 0) is 31.4 Å². The maximum Gasteiger partial charge on any atom is 0.221 e. The van der Waals surface area contributed by atoms with Gasteiger partial charge in [0.25, 0.3) is 0 Å². The highest BCUT2D eigenvalue weighted by atomic mass is 32.2. The van der Waals surface area contributed by atoms with E-state index in [1.54, 1.807) is 6.07 Å². The summed E-state index contributed by atoms with van der Waals surface area (Å²) in [5, 5.41) is 12.2. The summed E-state index contributed by atoms with van der Waals surface area (Å²) in [4.78, 5) is -0.820. The second-order valence-corrected chi connectivity index (χ2v) is 6.45. The molecule has 0 unspecified atom stereocenters. The molecular weight excluding hydrogens is 279 g/mol. The number of benzene rings is 1. The molecule has 0 bridgehead atoms. The van der Waals surface area contributed by atoms with Gasteiger partial charge in [0.15, 0.2) is 4.91 Å². The van der Waals surface area contributed by atoms with E-state index in [4.69, 9.17) is 0 Å². The number of nitrogens with zero attached hydrogens (tertiary/aromatic N) is 1. The second kappa shape index (κ2) is 6.06. The Morgan fingerprint density at radius 3 is 2.70 bits per heavy atom. The molecule has 1 fully saturated rings. The second-order valence-electron chi connectivity index (χ2n) is 4.59. The molecule has 0 aliphatic carbocycles. The number of hydrogen-bond acceptors (Lipinski definition) is 4. The van der Waals surface area contributed by atoms with Crippen molar-refractivity contribution in [2.24, 2.45) is 0 Å². The molecule has 1 heterocycles. The van der Waals surface area contributed by atoms with E-state index in [2.05, 4.69) is 5.32 Å². The van der Waals surface area contributed by atoms with Crippen molar-refractivity contribution in [3.8, 4) is 6.07 Å². The third-order valence-corrected chi connectivity index (χ3v) is 5.00. The summed E-state index contributed by atoms with van der Waals surface area (Å²) in [6.45, 7) is 0.632. The Morgan fingerprint density at radius 2 is 2.00 bits per heavy atom. The van der Waals surface area contributed by atoms with Crippen LogP contribution >= 0.6 is 0 Å². The summed E-state index contributed by atoms with van der Waals surface area (Å²) in [5.41, 5.74) is 0.397. The highest BCUT2D eigenvalue weighted by Crippen LogP contribution is 2.26. The third kappa shape index (κ3) is 2.83. The third-order valence-electron chi connectivity index (χ3n) is 3.21. The molecule has 0 spiro atoms. The van der Waals surface area contributed by atoms with E-state index in [-0.39, 0.29) is 4.91 Å². The zero-order valence-corrected chi connectivity index (χ0v) is 11.7. The zero-order chi connectivity index (χ0) is 14.6. The van der Waals surface area contributed by atoms with Crippen molar-refractivity contribution >= 4 is 9.84 Å². The fourth-order valence-corrected chi connectivity index (χ4v) is 3.61. The summed E-state index contributed by atoms with van der Waals surface area (Å²) in [5.74, 6) is -0.838. The molecule has 1 aromatic carbocycles. The van der Waals surface area contributed by atoms with Crippen LogP contribution in [0.15, 0.2) is 39.8 Å². The first-order valence-corrected chi connectivity index (χ1v) is 7.92. The Bertz CT molecular complexity index is 665. The smallest absolute Gasteiger partial charge is 0.221 e. The van der Waals surface area contributed by atoms with Crippen molar-refractivity contribution in [2.75, 3.05) is 6.54 Å². The van der Waals surface area contributed by atoms with Gasteiger partial charge in [0, 0.05) is 12.2 Å². The largest absolute Gasteiger partial charge is 0.387 e. The van der Waals surface area contributed by atoms with E-state index < -0.39 is 20.5 Å². The molecule has 6 heteroatoms. The van der Waals surface area contributed by atoms with Gasteiger partial charge in [0.05, 0.1) is 0 Å². The lowest BCUT2D eigenvalue weighted by Gasteiger charge is -2.11. The number of nitriles is 1. The van der Waals surface area contributed by atoms with Crippen molar-refractivity contribution in [1.82, 2.24) is 5.32 Å². The molecule has 1 saturated heterocycles. The van der Waals surface area contributed by atoms with Crippen LogP contribution in [-0.4, -0.2) is 15.0 Å². The van der Waals surface area contributed by atoms with Gasteiger partial charge in [0.2, 0.25) is 9.84 Å². The van der Waals surface area contributed by atoms with E-state index >= 15 is 0 Å². The topological polar surface area (TPSA) is 70.0 Å². The lowest BCUT2D eigenvalue weighted by atomic mass is 10.2. The van der Waals surface area contributed by atoms with Gasteiger partial charge in [-0.2, -0.15) is 5.26 Å². The Hall–Kier alpha value is -1.87. The summed E-state index contributed by atoms with van der Waals surface area (Å²) < 4.78 is 38.6. The lowest BCUT2D eigenvalue weighted by Crippen LogP contribution is -2.18. The lowest BCUT2D eigenvalue weighted by molar-refractivity contribution is 0.571. The predicted molar refractivity (Wildman–Crippen MR) is 72.7 cm³/mol. The normalized spacial score (nSPS) is 18.6. The number of allylic oxidation sites excluding steroid dienone is 2. The first-order chi connectivity index (χ1) is 9.57. The van der Waals surface area contributed by atoms with Crippen molar-refractivity contribution < 1.29 is 12.8 Å². The van der Waals surface area contributed by atoms with Crippen LogP contribution < -0.4 is 5.32 Å². The molecule has 0 saturated carbocycles. The summed E-state index contributed by atoms with van der Waals surface area (Å²) >= 11 is 0. The molecule has 0 amide bonds. The fourth-order valence-electron chi connectivity index (χ4n) is 2.19. The van der Waals surface area contributed by atoms with E-state index in [0.29, 0.717) is 18.7 Å². The summed E-state index contributed by atoms with van der Waals surface area (Å²) in [6.07, 6.45) is 3.23. The van der Waals surface area contributed by atoms with Crippen LogP contribution in [0.1, 0.15) is 25.7 Å². The van der Waals surface area contributed by atoms with Gasteiger partial charge in [0.1, 0.15) is 16.8 Å². The molecule has 106 valence electrons. The van der Waals surface area contributed by atoms with Crippen LogP contribution in [0.5, 0.6) is 0 Å². The standard InChI is InChI=1S/C14H15FN2O2S/c15-11-6-3-4-8-13(11)20(18,19)14(10-16)12-7-2-1-5-9-17-12/h3-4,6,8,17H,1-2,5,7,9H2/b14-12+. The van der Waals surface area contributed by atoms with E-state index in [1.807, 2.05) is 0 Å². The fraction of sp³-hybridized carbons (Fsp3) is 0.357. The molecule has 1 aliphatic rings. The quantitative estimate of drug-likeness (QED) is 0.851. The first-order valence-electron chi connectivity index (χ1n) is 6.44. The van der Waals surface area contributed by atoms with Crippen LogP contribution in [0, 0.1) is 17.1 Å². The zero-order valence-electron chi connectivity index (χ0n) is 10.9. The molecule has 0 aromatic heterocycles. The molecule has 1 aromatic rings. The molecule has 0 atom stereocenters. The van der Waals surface area contributed by atoms with Gasteiger partial charge < -0.3 is 5.32 Å². The number of halogens is 1. The number of nitrogens with one attached hydrogen (secondary N) is 1. The van der Waals surface area contributed by atoms with Crippen LogP contribution in [0.25, 0.3) is 0 Å². The maximum absolute atomic E-state index is 13.7. The maximum atomic E-state index is 13.7. The van der Waals surface area contributed by atoms with E-state index in [9.17, 15) is 18.1 Å². The summed E-state index contributed by atoms with van der Waals surface area (Å²) in [6, 6.07) is 6.84. The number of sulfone groups is 1. The van der Waals surface area contributed by atoms with Crippen molar-refractivity contribution in [3.63, 3.8) is 0 Å². The van der Waals surface area contributed by atoms with Crippen LogP contribution in [0.2, 0.25) is 0 Å². The predicted octanol–water partition coefficient (Wildman–Crippen LogP) is 2.50. The Morgan fingerprint density at radius 1 is 1.25 bits per heavy atom. The van der Waals surface area contributed by atoms with Crippen molar-refractivity contribution in [2.45, 2.75) is 30.6 Å². The Balaban J connectivity index is 2.53. The van der Waals surface area contributed by atoms with Crippen molar-refractivity contribution in [3.05, 3.63) is 40.7 Å². The highest BCUT2D eigenvalue weighted by Gasteiger charge is 2.27. The molecule has 0 radical (unpaired) electrons. The number of rotatable bonds is 2. The molecule has 4 nitrogen and oxygen atoms in total. The highest BCUT2D eigenvalue weighted by molar-refractivity contribution is 7.95. The van der Waals surface area contributed by atoms with Gasteiger partial charge >= 0.3 is 0 Å². The molecular formula is C14H15FN2O2S. The molecule has 1 N–H and O–H groups in total. The van der Waals surface area contributed by atoms with Gasteiger partial charge in [-0.3, -0.25) is 0 Å². The summed E-state index contributed by atoms with van der Waals surface area (Å²) in [7, 11) is -4.12. The van der Waals surface area contributed by atoms with Gasteiger partial charge in [-0.25, -0.2) is 12.8 Å². The average Bonchev–Trinajstić information content (AvgIpc) is 2.68. The molecule has 2 rings (SSSR count). The minimum atomic E-state index is -4.12. The molecule has 20 heavy (non-hydrogen) atoms. The van der Waals surface area contributed by atoms with Gasteiger partial charge in [-0.1, -0.05) is 18.6 Å². The van der Waals surface area contributed by atoms with Crippen LogP contribution in [-0.2, 0) is 9.84 Å². The Labute approximate surface area is 117 Å². The van der Waals surface area contributed by atoms with Crippen molar-refractivity contribution in [1.29, 1.82) is 5.26 Å². The van der Waals surface area contributed by atoms with E-state index in [0.717, 1.165) is 25.3 Å². The first kappa shape index (κ1) is 14.5. The monoisotopic (exact) mass is 294 g/mol. The average molecular weight is 294 g/mol. The van der Waals surface area contributed by atoms with Gasteiger partial charge in [-0.15, -0.1) is 0 Å².